The number of carbonyl (C=O) groups excluding carboxylic acids is 1. The van der Waals surface area contributed by atoms with Gasteiger partial charge in [0, 0.05) is 18.8 Å². The summed E-state index contributed by atoms with van der Waals surface area (Å²) in [4.78, 5) is 27.5. The van der Waals surface area contributed by atoms with Crippen LogP contribution in [-0.4, -0.2) is 44.1 Å². The van der Waals surface area contributed by atoms with Gasteiger partial charge in [0.15, 0.2) is 0 Å². The number of nitrogens with two attached hydrogens (primary N) is 1. The Labute approximate surface area is 170 Å². The summed E-state index contributed by atoms with van der Waals surface area (Å²) in [6.45, 7) is 5.72. The molecule has 3 rings (SSSR count). The van der Waals surface area contributed by atoms with Crippen LogP contribution in [0.25, 0.3) is 0 Å². The second kappa shape index (κ2) is 9.73. The number of hydrogen-bond acceptors (Lipinski definition) is 7. The maximum absolute atomic E-state index is 12.7. The number of benzene rings is 1. The normalized spacial score (nSPS) is 15.7. The smallest absolute Gasteiger partial charge is 0.235 e. The molecule has 0 radical (unpaired) electrons. The Morgan fingerprint density at radius 2 is 1.82 bits per heavy atom. The van der Waals surface area contributed by atoms with E-state index in [0.29, 0.717) is 17.5 Å². The summed E-state index contributed by atoms with van der Waals surface area (Å²) in [5, 5.41) is 3.02. The van der Waals surface area contributed by atoms with Crippen molar-refractivity contribution in [1.29, 1.82) is 0 Å². The predicted molar refractivity (Wildman–Crippen MR) is 115 cm³/mol. The van der Waals surface area contributed by atoms with Crippen LogP contribution in [-0.2, 0) is 10.5 Å². The first-order valence-corrected chi connectivity index (χ1v) is 10.8. The van der Waals surface area contributed by atoms with Crippen LogP contribution in [0.3, 0.4) is 0 Å². The molecule has 3 N–H and O–H groups in total. The van der Waals surface area contributed by atoms with Gasteiger partial charge >= 0.3 is 0 Å². The van der Waals surface area contributed by atoms with Gasteiger partial charge in [-0.3, -0.25) is 4.79 Å². The zero-order valence-electron chi connectivity index (χ0n) is 16.5. The number of amides is 1. The second-order valence-electron chi connectivity index (χ2n) is 7.12. The maximum Gasteiger partial charge on any atom is 0.235 e. The lowest BCUT2D eigenvalue weighted by molar-refractivity contribution is -0.130. The Balaban J connectivity index is 1.59. The van der Waals surface area contributed by atoms with Crippen molar-refractivity contribution in [2.45, 2.75) is 50.5 Å². The molecule has 7 nitrogen and oxygen atoms in total. The molecule has 2 heterocycles. The Kier molecular flexibility index (Phi) is 7.08. The number of nitrogens with one attached hydrogen (secondary N) is 1. The summed E-state index contributed by atoms with van der Waals surface area (Å²) in [6, 6.07) is 7.96. The van der Waals surface area contributed by atoms with E-state index in [1.807, 2.05) is 43.0 Å². The fraction of sp³-hybridized carbons (Fsp3) is 0.500. The van der Waals surface area contributed by atoms with E-state index in [1.54, 1.807) is 0 Å². The molecule has 1 aliphatic heterocycles. The number of rotatable bonds is 6. The number of nitrogen functional groups attached to an aromatic ring is 1. The molecule has 1 atom stereocenters. The summed E-state index contributed by atoms with van der Waals surface area (Å²) in [6.07, 6.45) is 4.63. The lowest BCUT2D eigenvalue weighted by atomic mass is 10.2. The molecule has 0 aliphatic carbocycles. The zero-order chi connectivity index (χ0) is 19.9. The molecular formula is C20H28N6OS. The van der Waals surface area contributed by atoms with Crippen molar-refractivity contribution < 1.29 is 4.79 Å². The monoisotopic (exact) mass is 400 g/mol. The molecule has 1 aromatic carbocycles. The molecular weight excluding hydrogens is 372 g/mol. The lowest BCUT2D eigenvalue weighted by Gasteiger charge is -2.23. The van der Waals surface area contributed by atoms with E-state index in [-0.39, 0.29) is 17.1 Å². The summed E-state index contributed by atoms with van der Waals surface area (Å²) >= 11 is 1.54. The molecule has 8 heteroatoms. The Bertz CT molecular complexity index is 790. The standard InChI is InChI=1S/C20H28N6OS/c1-14-7-9-16(10-8-14)22-20-24-17(23-19(21)25-20)13-28-15(2)18(27)26-11-5-3-4-6-12-26/h7-10,15H,3-6,11-13H2,1-2H3,(H3,21,22,23,24,25)/t15-/m1/s1. The van der Waals surface area contributed by atoms with Gasteiger partial charge in [-0.15, -0.1) is 11.8 Å². The number of nitrogens with zero attached hydrogens (tertiary/aromatic N) is 4. The minimum absolute atomic E-state index is 0.135. The largest absolute Gasteiger partial charge is 0.368 e. The van der Waals surface area contributed by atoms with E-state index in [9.17, 15) is 4.79 Å². The van der Waals surface area contributed by atoms with Gasteiger partial charge in [-0.05, 0) is 38.8 Å². The topological polar surface area (TPSA) is 97.0 Å². The third-order valence-electron chi connectivity index (χ3n) is 4.73. The number of hydrogen-bond donors (Lipinski definition) is 2. The summed E-state index contributed by atoms with van der Waals surface area (Å²) in [7, 11) is 0. The van der Waals surface area contributed by atoms with Crippen LogP contribution in [0.5, 0.6) is 0 Å². The van der Waals surface area contributed by atoms with E-state index in [1.165, 1.54) is 30.2 Å². The SMILES string of the molecule is Cc1ccc(Nc2nc(N)nc(CS[C@H](C)C(=O)N3CCCCCC3)n2)cc1. The van der Waals surface area contributed by atoms with Crippen molar-refractivity contribution >= 4 is 35.3 Å². The average Bonchev–Trinajstić information content (AvgIpc) is 2.96. The lowest BCUT2D eigenvalue weighted by Crippen LogP contribution is -2.37. The molecule has 0 bridgehead atoms. The molecule has 150 valence electrons. The fourth-order valence-electron chi connectivity index (χ4n) is 3.14. The third-order valence-corrected chi connectivity index (χ3v) is 5.86. The molecule has 0 spiro atoms. The van der Waals surface area contributed by atoms with Gasteiger partial charge < -0.3 is 16.0 Å². The van der Waals surface area contributed by atoms with Gasteiger partial charge in [0.2, 0.25) is 17.8 Å². The zero-order valence-corrected chi connectivity index (χ0v) is 17.3. The van der Waals surface area contributed by atoms with Crippen molar-refractivity contribution in [3.8, 4) is 0 Å². The van der Waals surface area contributed by atoms with Crippen LogP contribution in [0.4, 0.5) is 17.6 Å². The van der Waals surface area contributed by atoms with Gasteiger partial charge in [-0.25, -0.2) is 0 Å². The highest BCUT2D eigenvalue weighted by molar-refractivity contribution is 7.99. The van der Waals surface area contributed by atoms with Crippen LogP contribution < -0.4 is 11.1 Å². The van der Waals surface area contributed by atoms with Gasteiger partial charge in [0.1, 0.15) is 5.82 Å². The van der Waals surface area contributed by atoms with Crippen molar-refractivity contribution in [2.24, 2.45) is 0 Å². The van der Waals surface area contributed by atoms with Crippen LogP contribution >= 0.6 is 11.8 Å². The van der Waals surface area contributed by atoms with Crippen molar-refractivity contribution in [1.82, 2.24) is 19.9 Å². The van der Waals surface area contributed by atoms with Crippen LogP contribution in [0, 0.1) is 6.92 Å². The van der Waals surface area contributed by atoms with E-state index in [0.717, 1.165) is 31.6 Å². The minimum Gasteiger partial charge on any atom is -0.368 e. The highest BCUT2D eigenvalue weighted by Gasteiger charge is 2.22. The first-order chi connectivity index (χ1) is 13.5. The number of thioether (sulfide) groups is 1. The van der Waals surface area contributed by atoms with Gasteiger partial charge in [0.25, 0.3) is 0 Å². The van der Waals surface area contributed by atoms with Crippen molar-refractivity contribution in [3.05, 3.63) is 35.7 Å². The molecule has 1 aromatic heterocycles. The second-order valence-corrected chi connectivity index (χ2v) is 8.45. The quantitative estimate of drug-likeness (QED) is 0.765. The van der Waals surface area contributed by atoms with Crippen molar-refractivity contribution in [3.63, 3.8) is 0 Å². The summed E-state index contributed by atoms with van der Waals surface area (Å²) in [5.41, 5.74) is 7.92. The number of aryl methyl sites for hydroxylation is 1. The number of aromatic nitrogens is 3. The average molecular weight is 401 g/mol. The van der Waals surface area contributed by atoms with Crippen LogP contribution in [0.15, 0.2) is 24.3 Å². The number of likely N-dealkylation sites (tertiary alicyclic amines) is 1. The Morgan fingerprint density at radius 3 is 2.50 bits per heavy atom. The summed E-state index contributed by atoms with van der Waals surface area (Å²) < 4.78 is 0. The third kappa shape index (κ3) is 5.82. The highest BCUT2D eigenvalue weighted by atomic mass is 32.2. The Morgan fingerprint density at radius 1 is 1.14 bits per heavy atom. The molecule has 1 aliphatic rings. The molecule has 0 unspecified atom stereocenters. The minimum atomic E-state index is -0.135. The summed E-state index contributed by atoms with van der Waals surface area (Å²) in [5.74, 6) is 1.87. The highest BCUT2D eigenvalue weighted by Crippen LogP contribution is 2.21. The first-order valence-electron chi connectivity index (χ1n) is 9.76. The van der Waals surface area contributed by atoms with Gasteiger partial charge in [-0.2, -0.15) is 15.0 Å². The number of anilines is 3. The first kappa shape index (κ1) is 20.4. The van der Waals surface area contributed by atoms with E-state index in [4.69, 9.17) is 5.73 Å². The Hall–Kier alpha value is -2.35. The van der Waals surface area contributed by atoms with Crippen molar-refractivity contribution in [2.75, 3.05) is 24.1 Å². The van der Waals surface area contributed by atoms with E-state index < -0.39 is 0 Å². The molecule has 0 saturated carbocycles. The van der Waals surface area contributed by atoms with Crippen LogP contribution in [0.1, 0.15) is 44.0 Å². The molecule has 1 saturated heterocycles. The number of carbonyl (C=O) groups is 1. The maximum atomic E-state index is 12.7. The molecule has 1 fully saturated rings. The molecule has 1 amide bonds. The molecule has 28 heavy (non-hydrogen) atoms. The predicted octanol–water partition coefficient (Wildman–Crippen LogP) is 3.53. The molecule has 2 aromatic rings. The van der Waals surface area contributed by atoms with Crippen LogP contribution in [0.2, 0.25) is 0 Å². The van der Waals surface area contributed by atoms with Gasteiger partial charge in [-0.1, -0.05) is 30.5 Å². The fourth-order valence-corrected chi connectivity index (χ4v) is 3.96. The van der Waals surface area contributed by atoms with Gasteiger partial charge in [0.05, 0.1) is 11.0 Å². The van der Waals surface area contributed by atoms with E-state index >= 15 is 0 Å². The van der Waals surface area contributed by atoms with E-state index in [2.05, 4.69) is 20.3 Å².